The smallest absolute Gasteiger partial charge is 0.287 e. The van der Waals surface area contributed by atoms with Gasteiger partial charge >= 0.3 is 0 Å². The lowest BCUT2D eigenvalue weighted by Gasteiger charge is -2.21. The zero-order valence-corrected chi connectivity index (χ0v) is 11.6. The molecule has 0 bridgehead atoms. The molecule has 0 aliphatic heterocycles. The van der Waals surface area contributed by atoms with Crippen LogP contribution in [0.3, 0.4) is 0 Å². The minimum absolute atomic E-state index is 0.0396. The lowest BCUT2D eigenvalue weighted by molar-refractivity contribution is -0.384. The highest BCUT2D eigenvalue weighted by Crippen LogP contribution is 2.25. The Morgan fingerprint density at radius 1 is 1.53 bits per heavy atom. The molecule has 102 valence electrons. The molecule has 0 radical (unpaired) electrons. The fraction of sp³-hybridized carbons (Fsp3) is 0.308. The van der Waals surface area contributed by atoms with E-state index < -0.39 is 4.92 Å². The third-order valence-corrected chi connectivity index (χ3v) is 2.82. The Kier molecular flexibility index (Phi) is 5.06. The van der Waals surface area contributed by atoms with Gasteiger partial charge in [0.15, 0.2) is 0 Å². The van der Waals surface area contributed by atoms with Crippen LogP contribution < -0.4 is 0 Å². The van der Waals surface area contributed by atoms with Gasteiger partial charge in [0.1, 0.15) is 5.02 Å². The van der Waals surface area contributed by atoms with Crippen LogP contribution in [0.1, 0.15) is 24.2 Å². The van der Waals surface area contributed by atoms with Gasteiger partial charge in [0.2, 0.25) is 0 Å². The van der Waals surface area contributed by atoms with E-state index in [4.69, 9.17) is 11.6 Å². The molecule has 1 aromatic carbocycles. The van der Waals surface area contributed by atoms with Crippen LogP contribution in [0.2, 0.25) is 5.02 Å². The molecule has 0 unspecified atom stereocenters. The normalized spacial score (nSPS) is 10.1. The molecule has 0 fully saturated rings. The molecule has 0 aromatic heterocycles. The molecule has 5 nitrogen and oxygen atoms in total. The highest BCUT2D eigenvalue weighted by Gasteiger charge is 2.18. The Morgan fingerprint density at radius 3 is 2.58 bits per heavy atom. The van der Waals surface area contributed by atoms with Crippen LogP contribution >= 0.6 is 11.6 Å². The van der Waals surface area contributed by atoms with Gasteiger partial charge < -0.3 is 4.90 Å². The van der Waals surface area contributed by atoms with Crippen LogP contribution in [-0.2, 0) is 0 Å². The fourth-order valence-electron chi connectivity index (χ4n) is 1.62. The van der Waals surface area contributed by atoms with E-state index in [-0.39, 0.29) is 16.6 Å². The van der Waals surface area contributed by atoms with Crippen molar-refractivity contribution in [2.75, 3.05) is 13.1 Å². The van der Waals surface area contributed by atoms with Crippen LogP contribution in [0, 0.1) is 10.1 Å². The molecule has 0 aliphatic rings. The number of halogens is 1. The maximum Gasteiger partial charge on any atom is 0.287 e. The van der Waals surface area contributed by atoms with Crippen molar-refractivity contribution in [1.82, 2.24) is 4.90 Å². The highest BCUT2D eigenvalue weighted by atomic mass is 35.5. The maximum absolute atomic E-state index is 12.2. The zero-order valence-electron chi connectivity index (χ0n) is 10.9. The molecular formula is C13H15ClN2O3. The molecular weight excluding hydrogens is 268 g/mol. The number of amides is 1. The third-order valence-electron chi connectivity index (χ3n) is 2.52. The molecule has 0 spiro atoms. The number of nitro groups is 1. The molecule has 0 aliphatic carbocycles. The summed E-state index contributed by atoms with van der Waals surface area (Å²) in [5.41, 5.74) is 0.989. The van der Waals surface area contributed by atoms with Crippen molar-refractivity contribution in [2.45, 2.75) is 13.8 Å². The Balaban J connectivity index is 3.02. The van der Waals surface area contributed by atoms with Gasteiger partial charge in [0.05, 0.1) is 4.92 Å². The molecule has 0 heterocycles. The van der Waals surface area contributed by atoms with E-state index in [0.717, 1.165) is 5.57 Å². The van der Waals surface area contributed by atoms with Crippen LogP contribution in [0.4, 0.5) is 5.69 Å². The van der Waals surface area contributed by atoms with Gasteiger partial charge in [0.25, 0.3) is 11.6 Å². The quantitative estimate of drug-likeness (QED) is 0.473. The number of hydrogen-bond donors (Lipinski definition) is 0. The Hall–Kier alpha value is -1.88. The highest BCUT2D eigenvalue weighted by molar-refractivity contribution is 6.33. The number of nitro benzene ring substituents is 1. The van der Waals surface area contributed by atoms with E-state index >= 15 is 0 Å². The number of hydrogen-bond acceptors (Lipinski definition) is 3. The van der Waals surface area contributed by atoms with Crippen molar-refractivity contribution in [3.8, 4) is 0 Å². The molecule has 6 heteroatoms. The van der Waals surface area contributed by atoms with Crippen molar-refractivity contribution < 1.29 is 9.72 Å². The molecule has 19 heavy (non-hydrogen) atoms. The van der Waals surface area contributed by atoms with Crippen LogP contribution in [0.25, 0.3) is 0 Å². The Morgan fingerprint density at radius 2 is 2.16 bits per heavy atom. The lowest BCUT2D eigenvalue weighted by atomic mass is 10.1. The summed E-state index contributed by atoms with van der Waals surface area (Å²) in [6.45, 7) is 8.43. The van der Waals surface area contributed by atoms with Gasteiger partial charge in [-0.05, 0) is 26.0 Å². The molecule has 0 saturated heterocycles. The van der Waals surface area contributed by atoms with Gasteiger partial charge in [-0.15, -0.1) is 0 Å². The molecule has 1 rings (SSSR count). The van der Waals surface area contributed by atoms with E-state index in [1.807, 2.05) is 13.8 Å². The number of likely N-dealkylation sites (N-methyl/N-ethyl adjacent to an activating group) is 1. The number of nitrogens with zero attached hydrogens (tertiary/aromatic N) is 2. The summed E-state index contributed by atoms with van der Waals surface area (Å²) < 4.78 is 0. The molecule has 0 saturated carbocycles. The topological polar surface area (TPSA) is 63.5 Å². The SMILES string of the molecule is C=C(C)CN(CC)C(=O)c1ccc([N+](=O)[O-])c(Cl)c1. The van der Waals surface area contributed by atoms with Gasteiger partial charge in [-0.3, -0.25) is 14.9 Å². The first-order valence-electron chi connectivity index (χ1n) is 5.74. The number of carbonyl (C=O) groups is 1. The second kappa shape index (κ2) is 6.33. The first kappa shape index (κ1) is 15.2. The van der Waals surface area contributed by atoms with Crippen molar-refractivity contribution >= 4 is 23.2 Å². The summed E-state index contributed by atoms with van der Waals surface area (Å²) in [4.78, 5) is 23.9. The van der Waals surface area contributed by atoms with Gasteiger partial charge in [0, 0.05) is 24.7 Å². The second-order valence-electron chi connectivity index (χ2n) is 4.20. The maximum atomic E-state index is 12.2. The molecule has 0 N–H and O–H groups in total. The van der Waals surface area contributed by atoms with Crippen LogP contribution in [-0.4, -0.2) is 28.8 Å². The minimum Gasteiger partial charge on any atom is -0.335 e. The fourth-order valence-corrected chi connectivity index (χ4v) is 1.87. The van der Waals surface area contributed by atoms with E-state index in [9.17, 15) is 14.9 Å². The van der Waals surface area contributed by atoms with Gasteiger partial charge in [-0.1, -0.05) is 23.8 Å². The average molecular weight is 283 g/mol. The van der Waals surface area contributed by atoms with Crippen molar-refractivity contribution in [3.63, 3.8) is 0 Å². The molecule has 0 atom stereocenters. The molecule has 1 aromatic rings. The summed E-state index contributed by atoms with van der Waals surface area (Å²) in [5.74, 6) is -0.220. The third kappa shape index (κ3) is 3.79. The van der Waals surface area contributed by atoms with Gasteiger partial charge in [-0.25, -0.2) is 0 Å². The van der Waals surface area contributed by atoms with E-state index in [1.165, 1.54) is 18.2 Å². The predicted molar refractivity (Wildman–Crippen MR) is 74.5 cm³/mol. The number of rotatable bonds is 5. The summed E-state index contributed by atoms with van der Waals surface area (Å²) in [5, 5.41) is 10.6. The monoisotopic (exact) mass is 282 g/mol. The number of carbonyl (C=O) groups excluding carboxylic acids is 1. The summed E-state index contributed by atoms with van der Waals surface area (Å²) >= 11 is 5.79. The minimum atomic E-state index is -0.581. The molecule has 1 amide bonds. The average Bonchev–Trinajstić information content (AvgIpc) is 2.34. The van der Waals surface area contributed by atoms with E-state index in [0.29, 0.717) is 18.7 Å². The Bertz CT molecular complexity index is 529. The first-order valence-corrected chi connectivity index (χ1v) is 6.12. The largest absolute Gasteiger partial charge is 0.335 e. The van der Waals surface area contributed by atoms with Crippen molar-refractivity contribution in [2.24, 2.45) is 0 Å². The van der Waals surface area contributed by atoms with E-state index in [1.54, 1.807) is 4.90 Å². The van der Waals surface area contributed by atoms with Gasteiger partial charge in [-0.2, -0.15) is 0 Å². The second-order valence-corrected chi connectivity index (χ2v) is 4.61. The summed E-state index contributed by atoms with van der Waals surface area (Å²) in [7, 11) is 0. The lowest BCUT2D eigenvalue weighted by Crippen LogP contribution is -2.32. The predicted octanol–water partition coefficient (Wildman–Crippen LogP) is 3.29. The number of benzene rings is 1. The zero-order chi connectivity index (χ0) is 14.6. The summed E-state index contributed by atoms with van der Waals surface area (Å²) in [6.07, 6.45) is 0. The Labute approximate surface area is 116 Å². The van der Waals surface area contributed by atoms with Crippen LogP contribution in [0.15, 0.2) is 30.4 Å². The van der Waals surface area contributed by atoms with E-state index in [2.05, 4.69) is 6.58 Å². The van der Waals surface area contributed by atoms with Crippen LogP contribution in [0.5, 0.6) is 0 Å². The van der Waals surface area contributed by atoms with Crippen molar-refractivity contribution in [3.05, 3.63) is 51.1 Å². The van der Waals surface area contributed by atoms with Crippen molar-refractivity contribution in [1.29, 1.82) is 0 Å². The summed E-state index contributed by atoms with van der Waals surface area (Å²) in [6, 6.07) is 3.97. The standard InChI is InChI=1S/C13H15ClN2O3/c1-4-15(8-9(2)3)13(17)10-5-6-12(16(18)19)11(14)7-10/h5-7H,2,4,8H2,1,3H3. The first-order chi connectivity index (χ1) is 8.86.